The van der Waals surface area contributed by atoms with Crippen molar-refractivity contribution in [2.24, 2.45) is 5.73 Å². The Morgan fingerprint density at radius 1 is 1.42 bits per heavy atom. The smallest absolute Gasteiger partial charge is 0.248 e. The second-order valence-corrected chi connectivity index (χ2v) is 4.13. The highest BCUT2D eigenvalue weighted by Crippen LogP contribution is 2.19. The van der Waals surface area contributed by atoms with Gasteiger partial charge in [-0.1, -0.05) is 0 Å². The van der Waals surface area contributed by atoms with Crippen LogP contribution in [0.25, 0.3) is 0 Å². The van der Waals surface area contributed by atoms with Crippen LogP contribution in [0.2, 0.25) is 0 Å². The molecule has 19 heavy (non-hydrogen) atoms. The minimum Gasteiger partial charge on any atom is -0.397 e. The van der Waals surface area contributed by atoms with E-state index in [1.165, 1.54) is 6.33 Å². The van der Waals surface area contributed by atoms with Crippen LogP contribution >= 0.6 is 0 Å². The topological polar surface area (TPSA) is 123 Å². The molecule has 0 aliphatic rings. The third kappa shape index (κ3) is 3.44. The molecule has 0 atom stereocenters. The number of hydrogen-bond donors (Lipinski definition) is 4. The van der Waals surface area contributed by atoms with Crippen LogP contribution in [0.15, 0.2) is 24.5 Å². The molecule has 0 radical (unpaired) electrons. The maximum Gasteiger partial charge on any atom is 0.248 e. The maximum absolute atomic E-state index is 11.1. The average molecular weight is 260 g/mol. The second-order valence-electron chi connectivity index (χ2n) is 4.13. The third-order valence-electron chi connectivity index (χ3n) is 2.71. The standard InChI is InChI=1S/C12H16N6O/c13-9-4-3-8(12(14)19)6-10(9)15-5-1-2-11-16-7-17-18-11/h3-4,6-7,15H,1-2,5,13H2,(H2,14,19)(H,16,17,18). The van der Waals surface area contributed by atoms with Gasteiger partial charge in [0.2, 0.25) is 5.91 Å². The highest BCUT2D eigenvalue weighted by atomic mass is 16.1. The van der Waals surface area contributed by atoms with Crippen molar-refractivity contribution < 1.29 is 4.79 Å². The lowest BCUT2D eigenvalue weighted by Gasteiger charge is -2.09. The Hall–Kier alpha value is -2.57. The van der Waals surface area contributed by atoms with E-state index < -0.39 is 5.91 Å². The minimum atomic E-state index is -0.468. The minimum absolute atomic E-state index is 0.437. The molecule has 1 aromatic carbocycles. The summed E-state index contributed by atoms with van der Waals surface area (Å²) in [5.74, 6) is 0.380. The number of carbonyl (C=O) groups is 1. The monoisotopic (exact) mass is 260 g/mol. The number of hydrogen-bond acceptors (Lipinski definition) is 5. The van der Waals surface area contributed by atoms with Gasteiger partial charge in [0.1, 0.15) is 12.2 Å². The molecular weight excluding hydrogens is 244 g/mol. The number of aryl methyl sites for hydroxylation is 1. The number of primary amides is 1. The molecular formula is C12H16N6O. The maximum atomic E-state index is 11.1. The number of benzene rings is 1. The van der Waals surface area contributed by atoms with E-state index in [2.05, 4.69) is 20.5 Å². The van der Waals surface area contributed by atoms with Crippen molar-refractivity contribution in [3.05, 3.63) is 35.9 Å². The van der Waals surface area contributed by atoms with E-state index in [4.69, 9.17) is 11.5 Å². The van der Waals surface area contributed by atoms with Crippen molar-refractivity contribution in [3.63, 3.8) is 0 Å². The number of nitrogens with two attached hydrogens (primary N) is 2. The molecule has 100 valence electrons. The molecule has 6 N–H and O–H groups in total. The summed E-state index contributed by atoms with van der Waals surface area (Å²) in [5.41, 5.74) is 12.8. The van der Waals surface area contributed by atoms with Gasteiger partial charge >= 0.3 is 0 Å². The summed E-state index contributed by atoms with van der Waals surface area (Å²) in [6.45, 7) is 0.715. The van der Waals surface area contributed by atoms with E-state index in [1.807, 2.05) is 0 Å². The molecule has 1 amide bonds. The van der Waals surface area contributed by atoms with E-state index in [1.54, 1.807) is 18.2 Å². The quantitative estimate of drug-likeness (QED) is 0.445. The Kier molecular flexibility index (Phi) is 3.97. The zero-order valence-electron chi connectivity index (χ0n) is 10.4. The Bertz CT molecular complexity index is 551. The summed E-state index contributed by atoms with van der Waals surface area (Å²) in [6.07, 6.45) is 3.15. The molecule has 0 spiro atoms. The predicted octanol–water partition coefficient (Wildman–Crippen LogP) is 0.530. The number of nitrogen functional groups attached to an aromatic ring is 1. The van der Waals surface area contributed by atoms with Crippen LogP contribution in [0.5, 0.6) is 0 Å². The number of anilines is 2. The van der Waals surface area contributed by atoms with Gasteiger partial charge in [0.25, 0.3) is 0 Å². The largest absolute Gasteiger partial charge is 0.397 e. The van der Waals surface area contributed by atoms with Crippen LogP contribution in [0.1, 0.15) is 22.6 Å². The fourth-order valence-corrected chi connectivity index (χ4v) is 1.69. The van der Waals surface area contributed by atoms with Crippen LogP contribution < -0.4 is 16.8 Å². The molecule has 0 bridgehead atoms. The van der Waals surface area contributed by atoms with Crippen LogP contribution in [0.4, 0.5) is 11.4 Å². The van der Waals surface area contributed by atoms with Crippen molar-refractivity contribution in [1.29, 1.82) is 0 Å². The number of nitrogens with zero attached hydrogens (tertiary/aromatic N) is 2. The lowest BCUT2D eigenvalue weighted by Crippen LogP contribution is -2.12. The summed E-state index contributed by atoms with van der Waals surface area (Å²) >= 11 is 0. The Balaban J connectivity index is 1.88. The molecule has 0 saturated carbocycles. The fourth-order valence-electron chi connectivity index (χ4n) is 1.69. The first kappa shape index (κ1) is 12.9. The van der Waals surface area contributed by atoms with E-state index in [0.717, 1.165) is 18.7 Å². The number of rotatable bonds is 6. The Morgan fingerprint density at radius 3 is 2.95 bits per heavy atom. The molecule has 1 aromatic heterocycles. The summed E-state index contributed by atoms with van der Waals surface area (Å²) in [5, 5.41) is 9.75. The molecule has 0 saturated heterocycles. The van der Waals surface area contributed by atoms with E-state index in [-0.39, 0.29) is 0 Å². The second kappa shape index (κ2) is 5.85. The van der Waals surface area contributed by atoms with Crippen LogP contribution in [-0.4, -0.2) is 27.6 Å². The van der Waals surface area contributed by atoms with Gasteiger partial charge in [-0.3, -0.25) is 9.89 Å². The van der Waals surface area contributed by atoms with Crippen molar-refractivity contribution in [2.75, 3.05) is 17.6 Å². The number of amides is 1. The first-order chi connectivity index (χ1) is 9.16. The first-order valence-corrected chi connectivity index (χ1v) is 5.94. The summed E-state index contributed by atoms with van der Waals surface area (Å²) in [6, 6.07) is 4.93. The highest BCUT2D eigenvalue weighted by Gasteiger charge is 2.05. The molecule has 1 heterocycles. The number of carbonyl (C=O) groups excluding carboxylic acids is 1. The summed E-state index contributed by atoms with van der Waals surface area (Å²) in [4.78, 5) is 15.1. The summed E-state index contributed by atoms with van der Waals surface area (Å²) < 4.78 is 0. The number of aromatic nitrogens is 3. The zero-order valence-corrected chi connectivity index (χ0v) is 10.4. The molecule has 0 aliphatic heterocycles. The summed E-state index contributed by atoms with van der Waals surface area (Å²) in [7, 11) is 0. The molecule has 7 nitrogen and oxygen atoms in total. The van der Waals surface area contributed by atoms with Crippen LogP contribution in [-0.2, 0) is 6.42 Å². The van der Waals surface area contributed by atoms with Gasteiger partial charge in [-0.25, -0.2) is 4.98 Å². The highest BCUT2D eigenvalue weighted by molar-refractivity contribution is 5.94. The Morgan fingerprint density at radius 2 is 2.26 bits per heavy atom. The molecule has 7 heteroatoms. The Labute approximate surface area is 110 Å². The van der Waals surface area contributed by atoms with Crippen molar-refractivity contribution in [2.45, 2.75) is 12.8 Å². The van der Waals surface area contributed by atoms with Gasteiger partial charge in [0.05, 0.1) is 11.4 Å². The predicted molar refractivity (Wildman–Crippen MR) is 72.6 cm³/mol. The molecule has 0 fully saturated rings. The van der Waals surface area contributed by atoms with E-state index in [9.17, 15) is 4.79 Å². The van der Waals surface area contributed by atoms with Gasteiger partial charge < -0.3 is 16.8 Å². The molecule has 0 aliphatic carbocycles. The van der Waals surface area contributed by atoms with Crippen LogP contribution in [0, 0.1) is 0 Å². The van der Waals surface area contributed by atoms with E-state index in [0.29, 0.717) is 23.5 Å². The lowest BCUT2D eigenvalue weighted by atomic mass is 10.1. The SMILES string of the molecule is NC(=O)c1ccc(N)c(NCCCc2ncn[nH]2)c1. The average Bonchev–Trinajstić information content (AvgIpc) is 2.89. The zero-order chi connectivity index (χ0) is 13.7. The lowest BCUT2D eigenvalue weighted by molar-refractivity contribution is 0.100. The van der Waals surface area contributed by atoms with Gasteiger partial charge in [-0.2, -0.15) is 5.10 Å². The van der Waals surface area contributed by atoms with Gasteiger partial charge in [-0.15, -0.1) is 0 Å². The van der Waals surface area contributed by atoms with Crippen LogP contribution in [0.3, 0.4) is 0 Å². The van der Waals surface area contributed by atoms with Crippen molar-refractivity contribution in [3.8, 4) is 0 Å². The van der Waals surface area contributed by atoms with E-state index >= 15 is 0 Å². The molecule has 2 aromatic rings. The normalized spacial score (nSPS) is 10.3. The number of aromatic amines is 1. The number of H-pyrrole nitrogens is 1. The van der Waals surface area contributed by atoms with Gasteiger partial charge in [0, 0.05) is 18.5 Å². The van der Waals surface area contributed by atoms with Gasteiger partial charge in [-0.05, 0) is 24.6 Å². The first-order valence-electron chi connectivity index (χ1n) is 5.94. The van der Waals surface area contributed by atoms with Gasteiger partial charge in [0.15, 0.2) is 0 Å². The fraction of sp³-hybridized carbons (Fsp3) is 0.250. The van der Waals surface area contributed by atoms with Crippen molar-refractivity contribution >= 4 is 17.3 Å². The number of nitrogens with one attached hydrogen (secondary N) is 2. The van der Waals surface area contributed by atoms with Crippen molar-refractivity contribution in [1.82, 2.24) is 15.2 Å². The molecule has 0 unspecified atom stereocenters. The molecule has 2 rings (SSSR count). The third-order valence-corrected chi connectivity index (χ3v) is 2.71.